The van der Waals surface area contributed by atoms with Gasteiger partial charge in [-0.3, -0.25) is 0 Å². The standard InChI is InChI=1S/C10H13F.C10H11N/c1-7(2)10-6-9(11)5-4-8(10)3;1-8(2)10-6-4-3-5-9(10)7-11/h4-7H,1-3H3;3-6,8H,1-2H3. The maximum absolute atomic E-state index is 12.7. The van der Waals surface area contributed by atoms with Crippen LogP contribution in [0.2, 0.25) is 0 Å². The molecule has 22 heavy (non-hydrogen) atoms. The van der Waals surface area contributed by atoms with Crippen molar-refractivity contribution in [3.05, 3.63) is 70.5 Å². The van der Waals surface area contributed by atoms with Gasteiger partial charge in [-0.05, 0) is 53.6 Å². The number of benzene rings is 2. The second-order valence-corrected chi connectivity index (χ2v) is 6.01. The average molecular weight is 297 g/mol. The molecule has 0 saturated carbocycles. The van der Waals surface area contributed by atoms with Crippen LogP contribution in [0.1, 0.15) is 61.8 Å². The van der Waals surface area contributed by atoms with E-state index in [0.29, 0.717) is 11.8 Å². The highest BCUT2D eigenvalue weighted by Gasteiger charge is 2.04. The highest BCUT2D eigenvalue weighted by atomic mass is 19.1. The number of hydrogen-bond acceptors (Lipinski definition) is 1. The van der Waals surface area contributed by atoms with Gasteiger partial charge in [0.25, 0.3) is 0 Å². The maximum Gasteiger partial charge on any atom is 0.123 e. The molecule has 2 rings (SSSR count). The Hall–Kier alpha value is -2.14. The molecule has 116 valence electrons. The van der Waals surface area contributed by atoms with E-state index in [1.165, 1.54) is 11.6 Å². The van der Waals surface area contributed by atoms with E-state index in [4.69, 9.17) is 5.26 Å². The van der Waals surface area contributed by atoms with E-state index in [9.17, 15) is 4.39 Å². The van der Waals surface area contributed by atoms with Gasteiger partial charge in [0.15, 0.2) is 0 Å². The van der Waals surface area contributed by atoms with Crippen molar-refractivity contribution in [1.29, 1.82) is 5.26 Å². The first-order valence-corrected chi connectivity index (χ1v) is 7.61. The van der Waals surface area contributed by atoms with Gasteiger partial charge in [0.2, 0.25) is 0 Å². The quantitative estimate of drug-likeness (QED) is 0.673. The fourth-order valence-electron chi connectivity index (χ4n) is 2.34. The van der Waals surface area contributed by atoms with Crippen molar-refractivity contribution in [1.82, 2.24) is 0 Å². The van der Waals surface area contributed by atoms with E-state index in [1.807, 2.05) is 37.3 Å². The summed E-state index contributed by atoms with van der Waals surface area (Å²) in [6.45, 7) is 10.3. The Bertz CT molecular complexity index is 651. The fraction of sp³-hybridized carbons (Fsp3) is 0.350. The van der Waals surface area contributed by atoms with Crippen LogP contribution in [-0.2, 0) is 0 Å². The van der Waals surface area contributed by atoms with E-state index in [1.54, 1.807) is 6.07 Å². The summed E-state index contributed by atoms with van der Waals surface area (Å²) in [7, 11) is 0. The van der Waals surface area contributed by atoms with E-state index in [0.717, 1.165) is 16.7 Å². The SMILES string of the molecule is CC(C)c1ccccc1C#N.Cc1ccc(F)cc1C(C)C. The summed E-state index contributed by atoms with van der Waals surface area (Å²) in [4.78, 5) is 0. The second-order valence-electron chi connectivity index (χ2n) is 6.01. The molecule has 0 bridgehead atoms. The molecule has 1 nitrogen and oxygen atoms in total. The first-order valence-electron chi connectivity index (χ1n) is 7.61. The molecule has 0 heterocycles. The van der Waals surface area contributed by atoms with Crippen LogP contribution in [0.15, 0.2) is 42.5 Å². The monoisotopic (exact) mass is 297 g/mol. The lowest BCUT2D eigenvalue weighted by molar-refractivity contribution is 0.622. The van der Waals surface area contributed by atoms with Gasteiger partial charge in [0.05, 0.1) is 11.6 Å². The van der Waals surface area contributed by atoms with Crippen molar-refractivity contribution in [2.45, 2.75) is 46.5 Å². The molecule has 2 heteroatoms. The summed E-state index contributed by atoms with van der Waals surface area (Å²) in [6, 6.07) is 14.8. The highest BCUT2D eigenvalue weighted by Crippen LogP contribution is 2.19. The minimum absolute atomic E-state index is 0.140. The Balaban J connectivity index is 0.000000220. The van der Waals surface area contributed by atoms with Crippen LogP contribution in [0.5, 0.6) is 0 Å². The third kappa shape index (κ3) is 5.00. The molecular weight excluding hydrogens is 273 g/mol. The zero-order valence-corrected chi connectivity index (χ0v) is 14.0. The molecule has 0 aliphatic heterocycles. The minimum atomic E-state index is -0.140. The highest BCUT2D eigenvalue weighted by molar-refractivity contribution is 5.38. The summed E-state index contributed by atoms with van der Waals surface area (Å²) in [6.07, 6.45) is 0. The van der Waals surface area contributed by atoms with Crippen molar-refractivity contribution < 1.29 is 4.39 Å². The Kier molecular flexibility index (Phi) is 6.79. The zero-order chi connectivity index (χ0) is 16.7. The van der Waals surface area contributed by atoms with E-state index < -0.39 is 0 Å². The maximum atomic E-state index is 12.7. The van der Waals surface area contributed by atoms with Gasteiger partial charge in [-0.25, -0.2) is 4.39 Å². The van der Waals surface area contributed by atoms with Crippen LogP contribution in [0, 0.1) is 24.1 Å². The van der Waals surface area contributed by atoms with Crippen LogP contribution < -0.4 is 0 Å². The van der Waals surface area contributed by atoms with Crippen LogP contribution in [0.3, 0.4) is 0 Å². The predicted octanol–water partition coefficient (Wildman–Crippen LogP) is 5.94. The lowest BCUT2D eigenvalue weighted by atomic mass is 9.98. The molecule has 0 unspecified atom stereocenters. The lowest BCUT2D eigenvalue weighted by Gasteiger charge is -2.08. The molecule has 0 spiro atoms. The molecule has 0 aliphatic carbocycles. The molecule has 0 atom stereocenters. The van der Waals surface area contributed by atoms with Gasteiger partial charge in [0.1, 0.15) is 5.82 Å². The lowest BCUT2D eigenvalue weighted by Crippen LogP contribution is -1.92. The van der Waals surface area contributed by atoms with Crippen molar-refractivity contribution in [3.63, 3.8) is 0 Å². The Morgan fingerprint density at radius 1 is 0.909 bits per heavy atom. The fourth-order valence-corrected chi connectivity index (χ4v) is 2.34. The van der Waals surface area contributed by atoms with Crippen molar-refractivity contribution >= 4 is 0 Å². The first kappa shape index (κ1) is 17.9. The van der Waals surface area contributed by atoms with Crippen molar-refractivity contribution in [2.24, 2.45) is 0 Å². The third-order valence-electron chi connectivity index (χ3n) is 3.57. The van der Waals surface area contributed by atoms with Crippen LogP contribution in [0.4, 0.5) is 4.39 Å². The molecule has 0 amide bonds. The number of halogens is 1. The van der Waals surface area contributed by atoms with Crippen LogP contribution in [-0.4, -0.2) is 0 Å². The molecule has 0 aromatic heterocycles. The van der Waals surface area contributed by atoms with Gasteiger partial charge in [0, 0.05) is 0 Å². The smallest absolute Gasteiger partial charge is 0.123 e. The summed E-state index contributed by atoms with van der Waals surface area (Å²) in [5, 5.41) is 8.72. The molecule has 0 radical (unpaired) electrons. The Morgan fingerprint density at radius 3 is 1.95 bits per heavy atom. The zero-order valence-electron chi connectivity index (χ0n) is 14.0. The molecular formula is C20H24FN. The van der Waals surface area contributed by atoms with E-state index in [-0.39, 0.29) is 5.82 Å². The molecule has 0 fully saturated rings. The Morgan fingerprint density at radius 2 is 1.50 bits per heavy atom. The van der Waals surface area contributed by atoms with Crippen molar-refractivity contribution in [3.8, 4) is 6.07 Å². The molecule has 0 N–H and O–H groups in total. The number of nitrogens with zero attached hydrogens (tertiary/aromatic N) is 1. The van der Waals surface area contributed by atoms with E-state index in [2.05, 4.69) is 33.8 Å². The van der Waals surface area contributed by atoms with Gasteiger partial charge in [-0.1, -0.05) is 52.0 Å². The van der Waals surface area contributed by atoms with Gasteiger partial charge in [-0.2, -0.15) is 5.26 Å². The molecule has 2 aromatic rings. The largest absolute Gasteiger partial charge is 0.207 e. The van der Waals surface area contributed by atoms with Gasteiger partial charge < -0.3 is 0 Å². The van der Waals surface area contributed by atoms with Crippen molar-refractivity contribution in [2.75, 3.05) is 0 Å². The Labute approximate surface area is 133 Å². The van der Waals surface area contributed by atoms with Gasteiger partial charge >= 0.3 is 0 Å². The average Bonchev–Trinajstić information content (AvgIpc) is 2.50. The van der Waals surface area contributed by atoms with Gasteiger partial charge in [-0.15, -0.1) is 0 Å². The number of aryl methyl sites for hydroxylation is 1. The number of nitriles is 1. The number of hydrogen-bond donors (Lipinski definition) is 0. The van der Waals surface area contributed by atoms with Crippen LogP contribution >= 0.6 is 0 Å². The normalized spacial score (nSPS) is 10.1. The topological polar surface area (TPSA) is 23.8 Å². The summed E-state index contributed by atoms with van der Waals surface area (Å²) >= 11 is 0. The van der Waals surface area contributed by atoms with E-state index >= 15 is 0 Å². The summed E-state index contributed by atoms with van der Waals surface area (Å²) < 4.78 is 12.7. The summed E-state index contributed by atoms with van der Waals surface area (Å²) in [5.41, 5.74) is 4.20. The minimum Gasteiger partial charge on any atom is -0.207 e. The summed E-state index contributed by atoms with van der Waals surface area (Å²) in [5.74, 6) is 0.704. The molecule has 0 saturated heterocycles. The first-order chi connectivity index (χ1) is 10.4. The molecule has 2 aromatic carbocycles. The third-order valence-corrected chi connectivity index (χ3v) is 3.57. The second kappa shape index (κ2) is 8.34. The molecule has 0 aliphatic rings. The number of rotatable bonds is 2. The van der Waals surface area contributed by atoms with Crippen LogP contribution in [0.25, 0.3) is 0 Å². The predicted molar refractivity (Wildman–Crippen MR) is 90.5 cm³/mol.